The lowest BCUT2D eigenvalue weighted by atomic mass is 9.97. The summed E-state index contributed by atoms with van der Waals surface area (Å²) in [5.41, 5.74) is 0.757. The fourth-order valence-corrected chi connectivity index (χ4v) is 2.16. The Balaban J connectivity index is 0. The quantitative estimate of drug-likeness (QED) is 0.239. The lowest BCUT2D eigenvalue weighted by molar-refractivity contribution is -0.0748. The topological polar surface area (TPSA) is 80.4 Å². The van der Waals surface area contributed by atoms with E-state index in [1.54, 1.807) is 6.08 Å². The van der Waals surface area contributed by atoms with Crippen molar-refractivity contribution in [2.45, 2.75) is 67.5 Å². The highest BCUT2D eigenvalue weighted by Gasteiger charge is 2.51. The zero-order chi connectivity index (χ0) is 25.3. The van der Waals surface area contributed by atoms with Crippen molar-refractivity contribution >= 4 is 10.1 Å². The Labute approximate surface area is 169 Å². The SMILES string of the molecule is C=CCN.O=S(=O)(O)C(F)C(F)C(F)C(F)C(F)C(F)C(F)C(F)C(F)C(F)C(F)F. The highest BCUT2D eigenvalue weighted by atomic mass is 32.2. The van der Waals surface area contributed by atoms with Crippen LogP contribution < -0.4 is 5.73 Å². The Morgan fingerprint density at radius 3 is 1.06 bits per heavy atom. The minimum Gasteiger partial charge on any atom is -0.327 e. The summed E-state index contributed by atoms with van der Waals surface area (Å²) >= 11 is 0. The second kappa shape index (κ2) is 14.0. The van der Waals surface area contributed by atoms with Gasteiger partial charge in [0.25, 0.3) is 11.9 Å². The molecule has 0 bridgehead atoms. The molecule has 0 aromatic carbocycles. The molecule has 17 heteroatoms. The van der Waals surface area contributed by atoms with Gasteiger partial charge in [-0.3, -0.25) is 4.55 Å². The van der Waals surface area contributed by atoms with Gasteiger partial charge in [0.1, 0.15) is 0 Å². The van der Waals surface area contributed by atoms with Crippen molar-refractivity contribution in [1.82, 2.24) is 0 Å². The molecule has 3 N–H and O–H groups in total. The molecule has 0 saturated heterocycles. The van der Waals surface area contributed by atoms with E-state index < -0.39 is 77.6 Å². The summed E-state index contributed by atoms with van der Waals surface area (Å²) in [5, 5.41) is 0. The van der Waals surface area contributed by atoms with E-state index in [-0.39, 0.29) is 0 Å². The minimum atomic E-state index is -5.95. The fraction of sp³-hybridized carbons (Fsp3) is 0.857. The largest absolute Gasteiger partial charge is 0.327 e. The summed E-state index contributed by atoms with van der Waals surface area (Å²) in [7, 11) is -5.95. The summed E-state index contributed by atoms with van der Waals surface area (Å²) in [6.07, 6.45) is -39.7. The van der Waals surface area contributed by atoms with Crippen LogP contribution in [0.3, 0.4) is 0 Å². The molecule has 10 unspecified atom stereocenters. The van der Waals surface area contributed by atoms with Crippen LogP contribution >= 0.6 is 0 Å². The van der Waals surface area contributed by atoms with Crippen LogP contribution in [0.1, 0.15) is 0 Å². The van der Waals surface area contributed by atoms with Gasteiger partial charge in [-0.1, -0.05) is 6.08 Å². The van der Waals surface area contributed by atoms with Crippen LogP contribution in [0.2, 0.25) is 0 Å². The summed E-state index contributed by atoms with van der Waals surface area (Å²) in [6.45, 7) is 3.94. The molecule has 31 heavy (non-hydrogen) atoms. The Bertz CT molecular complexity index is 615. The monoisotopic (exact) mass is 509 g/mol. The second-order valence-electron chi connectivity index (χ2n) is 5.72. The third kappa shape index (κ3) is 9.84. The molecule has 0 saturated carbocycles. The normalized spacial score (nSPS) is 22.0. The number of hydrogen-bond acceptors (Lipinski definition) is 3. The summed E-state index contributed by atoms with van der Waals surface area (Å²) in [4.78, 5) is 0. The lowest BCUT2D eigenvalue weighted by Gasteiger charge is -2.27. The Morgan fingerprint density at radius 1 is 0.645 bits per heavy atom. The highest BCUT2D eigenvalue weighted by molar-refractivity contribution is 7.86. The molecule has 0 radical (unpaired) electrons. The third-order valence-electron chi connectivity index (χ3n) is 3.38. The smallest absolute Gasteiger partial charge is 0.300 e. The van der Waals surface area contributed by atoms with Gasteiger partial charge in [0.15, 0.2) is 55.5 Å². The van der Waals surface area contributed by atoms with Crippen LogP contribution in [0.15, 0.2) is 12.7 Å². The van der Waals surface area contributed by atoms with Gasteiger partial charge >= 0.3 is 10.1 Å². The summed E-state index contributed by atoms with van der Waals surface area (Å²) in [6, 6.07) is 0. The van der Waals surface area contributed by atoms with Crippen LogP contribution in [0.5, 0.6) is 0 Å². The second-order valence-corrected chi connectivity index (χ2v) is 7.21. The van der Waals surface area contributed by atoms with Crippen molar-refractivity contribution in [1.29, 1.82) is 0 Å². The lowest BCUT2D eigenvalue weighted by Crippen LogP contribution is -2.50. The summed E-state index contributed by atoms with van der Waals surface area (Å²) in [5.74, 6) is 0. The average Bonchev–Trinajstić information content (AvgIpc) is 2.72. The molecular weight excluding hydrogens is 490 g/mol. The van der Waals surface area contributed by atoms with Gasteiger partial charge in [-0.25, -0.2) is 52.7 Å². The van der Waals surface area contributed by atoms with E-state index in [4.69, 9.17) is 10.3 Å². The maximum absolute atomic E-state index is 13.3. The number of nitrogens with two attached hydrogens (primary N) is 1. The van der Waals surface area contributed by atoms with Crippen molar-refractivity contribution in [3.8, 4) is 0 Å². The van der Waals surface area contributed by atoms with E-state index in [0.717, 1.165) is 0 Å². The first-order chi connectivity index (χ1) is 14.0. The van der Waals surface area contributed by atoms with E-state index in [1.165, 1.54) is 0 Å². The van der Waals surface area contributed by atoms with E-state index in [0.29, 0.717) is 6.54 Å². The van der Waals surface area contributed by atoms with Crippen molar-refractivity contribution in [3.05, 3.63) is 12.7 Å². The van der Waals surface area contributed by atoms with E-state index in [2.05, 4.69) is 6.58 Å². The number of halogens is 12. The van der Waals surface area contributed by atoms with Crippen molar-refractivity contribution in [2.24, 2.45) is 5.73 Å². The highest BCUT2D eigenvalue weighted by Crippen LogP contribution is 2.30. The molecule has 0 heterocycles. The van der Waals surface area contributed by atoms with Crippen LogP contribution in [0.25, 0.3) is 0 Å². The first kappa shape index (κ1) is 32.0. The Morgan fingerprint density at radius 2 is 0.871 bits per heavy atom. The van der Waals surface area contributed by atoms with Gasteiger partial charge in [-0.15, -0.1) is 6.58 Å². The van der Waals surface area contributed by atoms with Gasteiger partial charge in [-0.05, 0) is 0 Å². The first-order valence-corrected chi connectivity index (χ1v) is 9.43. The standard InChI is InChI=1S/C11H12F12O3S.C3H7N/c12-1(2(13)4(15)6(17)8(19)10(21)22)3(14)5(16)7(18)9(20)11(23)27(24,25)26;1-2-3-4/h1-11H,(H,24,25,26);2H,1,3-4H2. The van der Waals surface area contributed by atoms with Crippen molar-refractivity contribution in [2.75, 3.05) is 6.54 Å². The molecule has 0 aliphatic carbocycles. The predicted octanol–water partition coefficient (Wildman–Crippen LogP) is 3.61. The molecule has 188 valence electrons. The average molecular weight is 509 g/mol. The zero-order valence-electron chi connectivity index (χ0n) is 15.1. The van der Waals surface area contributed by atoms with E-state index in [9.17, 15) is 61.1 Å². The molecule has 0 aromatic rings. The third-order valence-corrected chi connectivity index (χ3v) is 4.21. The fourth-order valence-electron chi connectivity index (χ4n) is 1.68. The number of hydrogen-bond donors (Lipinski definition) is 2. The molecule has 0 spiro atoms. The molecule has 0 amide bonds. The molecular formula is C14H19F12NO3S. The van der Waals surface area contributed by atoms with Gasteiger partial charge in [-0.2, -0.15) is 8.42 Å². The molecule has 0 fully saturated rings. The first-order valence-electron chi connectivity index (χ1n) is 7.93. The molecule has 10 atom stereocenters. The minimum absolute atomic E-state index is 0.583. The maximum Gasteiger partial charge on any atom is 0.300 e. The predicted molar refractivity (Wildman–Crippen MR) is 85.8 cm³/mol. The van der Waals surface area contributed by atoms with Gasteiger partial charge in [0.2, 0.25) is 0 Å². The van der Waals surface area contributed by atoms with Crippen LogP contribution in [-0.2, 0) is 10.1 Å². The molecule has 0 aliphatic heterocycles. The molecule has 0 aromatic heterocycles. The maximum atomic E-state index is 13.3. The van der Waals surface area contributed by atoms with Crippen LogP contribution in [0.4, 0.5) is 52.7 Å². The van der Waals surface area contributed by atoms with Crippen molar-refractivity contribution < 1.29 is 65.7 Å². The van der Waals surface area contributed by atoms with Gasteiger partial charge in [0, 0.05) is 6.54 Å². The molecule has 0 rings (SSSR count). The van der Waals surface area contributed by atoms with Gasteiger partial charge in [0.05, 0.1) is 0 Å². The molecule has 4 nitrogen and oxygen atoms in total. The Hall–Kier alpha value is -1.23. The van der Waals surface area contributed by atoms with Gasteiger partial charge < -0.3 is 5.73 Å². The number of rotatable bonds is 12. The number of alkyl halides is 12. The van der Waals surface area contributed by atoms with E-state index >= 15 is 0 Å². The van der Waals surface area contributed by atoms with Crippen LogP contribution in [-0.4, -0.2) is 87.0 Å². The van der Waals surface area contributed by atoms with Crippen molar-refractivity contribution in [3.63, 3.8) is 0 Å². The Kier molecular flexibility index (Phi) is 14.5. The van der Waals surface area contributed by atoms with E-state index in [1.807, 2.05) is 0 Å². The zero-order valence-corrected chi connectivity index (χ0v) is 15.9. The van der Waals surface area contributed by atoms with Crippen LogP contribution in [0, 0.1) is 0 Å². The summed E-state index contributed by atoms with van der Waals surface area (Å²) < 4.78 is 183. The molecule has 0 aliphatic rings.